The van der Waals surface area contributed by atoms with Crippen LogP contribution in [0.5, 0.6) is 0 Å². The highest BCUT2D eigenvalue weighted by Crippen LogP contribution is 2.52. The summed E-state index contributed by atoms with van der Waals surface area (Å²) in [6, 6.07) is 3.97. The Labute approximate surface area is 103 Å². The van der Waals surface area contributed by atoms with Crippen LogP contribution in [0.4, 0.5) is 30.7 Å². The standard InChI is InChI=1S/C11H9F7O/c1-6-2-4-7(5-3-6)8(19)9(12,10(13,14)15)11(16,17)18/h2-5,8,19H,1H3. The molecular formula is C11H9F7O. The van der Waals surface area contributed by atoms with Crippen molar-refractivity contribution in [3.05, 3.63) is 35.4 Å². The third-order valence-electron chi connectivity index (χ3n) is 2.59. The van der Waals surface area contributed by atoms with Gasteiger partial charge in [0.05, 0.1) is 0 Å². The summed E-state index contributed by atoms with van der Waals surface area (Å²) in [5, 5.41) is 9.19. The van der Waals surface area contributed by atoms with Gasteiger partial charge in [0.25, 0.3) is 0 Å². The number of aliphatic hydroxyl groups excluding tert-OH is 1. The second-order valence-electron chi connectivity index (χ2n) is 4.02. The van der Waals surface area contributed by atoms with E-state index in [1.54, 1.807) is 0 Å². The van der Waals surface area contributed by atoms with Gasteiger partial charge in [-0.2, -0.15) is 26.3 Å². The first-order valence-electron chi connectivity index (χ1n) is 4.98. The third-order valence-corrected chi connectivity index (χ3v) is 2.59. The molecule has 0 amide bonds. The molecule has 0 bridgehead atoms. The van der Waals surface area contributed by atoms with Crippen molar-refractivity contribution < 1.29 is 35.8 Å². The van der Waals surface area contributed by atoms with Gasteiger partial charge < -0.3 is 5.11 Å². The predicted octanol–water partition coefficient (Wildman–Crippen LogP) is 3.86. The van der Waals surface area contributed by atoms with Crippen molar-refractivity contribution in [2.24, 2.45) is 0 Å². The summed E-state index contributed by atoms with van der Waals surface area (Å²) in [5.41, 5.74) is -5.97. The Morgan fingerprint density at radius 3 is 1.53 bits per heavy atom. The molecule has 1 aromatic rings. The van der Waals surface area contributed by atoms with Crippen LogP contribution in [-0.4, -0.2) is 23.1 Å². The van der Waals surface area contributed by atoms with Crippen molar-refractivity contribution in [2.75, 3.05) is 0 Å². The number of aliphatic hydroxyl groups is 1. The molecule has 0 saturated carbocycles. The molecule has 0 spiro atoms. The van der Waals surface area contributed by atoms with Crippen molar-refractivity contribution in [1.82, 2.24) is 0 Å². The molecule has 1 unspecified atom stereocenters. The van der Waals surface area contributed by atoms with Crippen molar-refractivity contribution in [3.8, 4) is 0 Å². The Morgan fingerprint density at radius 1 is 0.842 bits per heavy atom. The number of aryl methyl sites for hydroxylation is 1. The maximum atomic E-state index is 13.5. The molecular weight excluding hydrogens is 281 g/mol. The minimum absolute atomic E-state index is 0.541. The summed E-state index contributed by atoms with van der Waals surface area (Å²) < 4.78 is 87.6. The second-order valence-corrected chi connectivity index (χ2v) is 4.02. The van der Waals surface area contributed by atoms with Gasteiger partial charge in [-0.15, -0.1) is 0 Å². The van der Waals surface area contributed by atoms with Crippen LogP contribution in [-0.2, 0) is 0 Å². The first-order valence-corrected chi connectivity index (χ1v) is 4.98. The highest BCUT2D eigenvalue weighted by molar-refractivity contribution is 5.26. The Hall–Kier alpha value is -1.31. The summed E-state index contributed by atoms with van der Waals surface area (Å²) in [5.74, 6) is 0. The molecule has 1 N–H and O–H groups in total. The third kappa shape index (κ3) is 2.68. The van der Waals surface area contributed by atoms with Crippen LogP contribution in [0.15, 0.2) is 24.3 Å². The van der Waals surface area contributed by atoms with E-state index in [1.807, 2.05) is 0 Å². The highest BCUT2D eigenvalue weighted by atomic mass is 19.4. The van der Waals surface area contributed by atoms with Gasteiger partial charge in [-0.25, -0.2) is 4.39 Å². The smallest absolute Gasteiger partial charge is 0.384 e. The molecule has 0 aliphatic rings. The number of rotatable bonds is 2. The molecule has 108 valence electrons. The molecule has 0 heterocycles. The van der Waals surface area contributed by atoms with E-state index in [-0.39, 0.29) is 0 Å². The largest absolute Gasteiger partial charge is 0.434 e. The van der Waals surface area contributed by atoms with Gasteiger partial charge in [0, 0.05) is 0 Å². The molecule has 0 aliphatic carbocycles. The van der Waals surface area contributed by atoms with E-state index >= 15 is 0 Å². The van der Waals surface area contributed by atoms with Crippen molar-refractivity contribution in [1.29, 1.82) is 0 Å². The topological polar surface area (TPSA) is 20.2 Å². The quantitative estimate of drug-likeness (QED) is 0.820. The summed E-state index contributed by atoms with van der Waals surface area (Å²) in [6.45, 7) is 1.53. The average Bonchev–Trinajstić information content (AvgIpc) is 2.25. The van der Waals surface area contributed by atoms with Crippen LogP contribution in [0, 0.1) is 6.92 Å². The Morgan fingerprint density at radius 2 is 1.21 bits per heavy atom. The fourth-order valence-corrected chi connectivity index (χ4v) is 1.45. The summed E-state index contributed by atoms with van der Waals surface area (Å²) in [7, 11) is 0. The normalized spacial score (nSPS) is 15.4. The fraction of sp³-hybridized carbons (Fsp3) is 0.455. The van der Waals surface area contributed by atoms with Crippen LogP contribution in [0.25, 0.3) is 0 Å². The molecule has 0 fully saturated rings. The average molecular weight is 290 g/mol. The minimum atomic E-state index is -6.28. The maximum absolute atomic E-state index is 13.5. The molecule has 1 atom stereocenters. The van der Waals surface area contributed by atoms with Crippen LogP contribution in [0.2, 0.25) is 0 Å². The van der Waals surface area contributed by atoms with Crippen LogP contribution < -0.4 is 0 Å². The van der Waals surface area contributed by atoms with Gasteiger partial charge in [-0.1, -0.05) is 29.8 Å². The molecule has 1 nitrogen and oxygen atoms in total. The molecule has 1 rings (SSSR count). The first-order chi connectivity index (χ1) is 8.41. The number of hydrogen-bond acceptors (Lipinski definition) is 1. The number of benzene rings is 1. The van der Waals surface area contributed by atoms with E-state index in [9.17, 15) is 35.8 Å². The summed E-state index contributed by atoms with van der Waals surface area (Å²) in [4.78, 5) is 0. The van der Waals surface area contributed by atoms with Gasteiger partial charge in [0.2, 0.25) is 0 Å². The molecule has 19 heavy (non-hydrogen) atoms. The Balaban J connectivity index is 3.31. The summed E-state index contributed by atoms with van der Waals surface area (Å²) >= 11 is 0. The zero-order chi connectivity index (χ0) is 15.1. The summed E-state index contributed by atoms with van der Waals surface area (Å²) in [6.07, 6.45) is -15.9. The molecule has 8 heteroatoms. The van der Waals surface area contributed by atoms with Crippen molar-refractivity contribution in [2.45, 2.75) is 31.0 Å². The van der Waals surface area contributed by atoms with E-state index in [1.165, 1.54) is 19.1 Å². The lowest BCUT2D eigenvalue weighted by Gasteiger charge is -2.33. The monoisotopic (exact) mass is 290 g/mol. The van der Waals surface area contributed by atoms with Gasteiger partial charge >= 0.3 is 18.0 Å². The SMILES string of the molecule is Cc1ccc(C(O)C(F)(C(F)(F)F)C(F)(F)F)cc1. The lowest BCUT2D eigenvalue weighted by atomic mass is 9.91. The Kier molecular flexibility index (Phi) is 3.86. The maximum Gasteiger partial charge on any atom is 0.434 e. The van der Waals surface area contributed by atoms with E-state index < -0.39 is 29.7 Å². The zero-order valence-corrected chi connectivity index (χ0v) is 9.48. The molecule has 1 aromatic carbocycles. The number of halogens is 7. The fourth-order valence-electron chi connectivity index (χ4n) is 1.45. The lowest BCUT2D eigenvalue weighted by Crippen LogP contribution is -2.57. The lowest BCUT2D eigenvalue weighted by molar-refractivity contribution is -0.366. The van der Waals surface area contributed by atoms with E-state index in [2.05, 4.69) is 0 Å². The van der Waals surface area contributed by atoms with Crippen LogP contribution in [0.3, 0.4) is 0 Å². The zero-order valence-electron chi connectivity index (χ0n) is 9.48. The van der Waals surface area contributed by atoms with Gasteiger partial charge in [-0.3, -0.25) is 0 Å². The van der Waals surface area contributed by atoms with Gasteiger partial charge in [-0.05, 0) is 12.5 Å². The number of hydrogen-bond donors (Lipinski definition) is 1. The van der Waals surface area contributed by atoms with Crippen molar-refractivity contribution >= 4 is 0 Å². The Bertz CT molecular complexity index is 418. The van der Waals surface area contributed by atoms with Gasteiger partial charge in [0.1, 0.15) is 6.10 Å². The minimum Gasteiger partial charge on any atom is -0.384 e. The molecule has 0 aromatic heterocycles. The number of alkyl halides is 7. The first kappa shape index (κ1) is 15.7. The van der Waals surface area contributed by atoms with E-state index in [4.69, 9.17) is 0 Å². The van der Waals surface area contributed by atoms with E-state index in [0.29, 0.717) is 5.56 Å². The predicted molar refractivity (Wildman–Crippen MR) is 52.1 cm³/mol. The molecule has 0 saturated heterocycles. The van der Waals surface area contributed by atoms with Crippen LogP contribution in [0.1, 0.15) is 17.2 Å². The van der Waals surface area contributed by atoms with E-state index in [0.717, 1.165) is 12.1 Å². The highest BCUT2D eigenvalue weighted by Gasteiger charge is 2.76. The van der Waals surface area contributed by atoms with Crippen LogP contribution >= 0.6 is 0 Å². The second kappa shape index (κ2) is 4.66. The molecule has 0 aliphatic heterocycles. The van der Waals surface area contributed by atoms with Crippen molar-refractivity contribution in [3.63, 3.8) is 0 Å². The molecule has 0 radical (unpaired) electrons. The van der Waals surface area contributed by atoms with Gasteiger partial charge in [0.15, 0.2) is 0 Å².